The van der Waals surface area contributed by atoms with Crippen molar-refractivity contribution < 1.29 is 23.1 Å². The predicted octanol–water partition coefficient (Wildman–Crippen LogP) is 4.94. The van der Waals surface area contributed by atoms with Gasteiger partial charge in [-0.15, -0.1) is 5.10 Å². The van der Waals surface area contributed by atoms with Crippen LogP contribution in [0, 0.1) is 5.82 Å². The number of rotatable bonds is 7. The van der Waals surface area contributed by atoms with E-state index in [0.29, 0.717) is 32.9 Å². The first-order valence-corrected chi connectivity index (χ1v) is 10.7. The molecule has 1 fully saturated rings. The third kappa shape index (κ3) is 5.15. The van der Waals surface area contributed by atoms with Gasteiger partial charge in [0.25, 0.3) is 5.91 Å². The molecular formula is C24H20FN3O4S. The van der Waals surface area contributed by atoms with Crippen LogP contribution in [-0.4, -0.2) is 36.4 Å². The lowest BCUT2D eigenvalue weighted by Crippen LogP contribution is -2.28. The fraction of sp³-hybridized carbons (Fsp3) is 0.125. The zero-order valence-corrected chi connectivity index (χ0v) is 18.7. The molecule has 0 bridgehead atoms. The minimum absolute atomic E-state index is 0.179. The second-order valence-electron chi connectivity index (χ2n) is 6.84. The lowest BCUT2D eigenvalue weighted by Gasteiger charge is -2.12. The van der Waals surface area contributed by atoms with Crippen LogP contribution in [-0.2, 0) is 11.3 Å². The Kier molecular flexibility index (Phi) is 6.89. The quantitative estimate of drug-likeness (QED) is 0.281. The summed E-state index contributed by atoms with van der Waals surface area (Å²) in [5.41, 5.74) is 1.06. The van der Waals surface area contributed by atoms with Crippen molar-refractivity contribution >= 4 is 35.1 Å². The summed E-state index contributed by atoms with van der Waals surface area (Å²) in [5, 5.41) is 8.75. The van der Waals surface area contributed by atoms with Crippen molar-refractivity contribution in [1.29, 1.82) is 0 Å². The van der Waals surface area contributed by atoms with Crippen molar-refractivity contribution in [1.82, 2.24) is 4.90 Å². The van der Waals surface area contributed by atoms with Crippen LogP contribution in [0.3, 0.4) is 0 Å². The van der Waals surface area contributed by atoms with E-state index in [1.807, 2.05) is 6.07 Å². The fourth-order valence-corrected chi connectivity index (χ4v) is 4.02. The van der Waals surface area contributed by atoms with Gasteiger partial charge >= 0.3 is 0 Å². The number of carbonyl (C=O) groups is 1. The molecule has 2 aromatic carbocycles. The molecule has 9 heteroatoms. The number of halogens is 1. The molecule has 0 aliphatic carbocycles. The summed E-state index contributed by atoms with van der Waals surface area (Å²) in [4.78, 5) is 14.8. The molecule has 0 atom stereocenters. The van der Waals surface area contributed by atoms with E-state index in [-0.39, 0.29) is 12.5 Å². The van der Waals surface area contributed by atoms with Crippen molar-refractivity contribution in [3.63, 3.8) is 0 Å². The minimum Gasteiger partial charge on any atom is -0.493 e. The van der Waals surface area contributed by atoms with Crippen LogP contribution < -0.4 is 9.47 Å². The summed E-state index contributed by atoms with van der Waals surface area (Å²) in [6, 6.07) is 15.1. The summed E-state index contributed by atoms with van der Waals surface area (Å²) in [5.74, 6) is 1.04. The van der Waals surface area contributed by atoms with Gasteiger partial charge in [-0.2, -0.15) is 5.10 Å². The Morgan fingerprint density at radius 3 is 2.64 bits per heavy atom. The van der Waals surface area contributed by atoms with Gasteiger partial charge in [0, 0.05) is 5.56 Å². The molecule has 1 amide bonds. The molecular weight excluding hydrogens is 445 g/mol. The van der Waals surface area contributed by atoms with Crippen LogP contribution >= 0.6 is 11.8 Å². The van der Waals surface area contributed by atoms with E-state index in [1.165, 1.54) is 23.3 Å². The average molecular weight is 466 g/mol. The van der Waals surface area contributed by atoms with E-state index in [4.69, 9.17) is 13.9 Å². The van der Waals surface area contributed by atoms with Gasteiger partial charge in [0.2, 0.25) is 0 Å². The number of methoxy groups -OCH3 is 2. The summed E-state index contributed by atoms with van der Waals surface area (Å²) in [7, 11) is 3.11. The first kappa shape index (κ1) is 22.3. The Hall–Kier alpha value is -3.85. The van der Waals surface area contributed by atoms with Gasteiger partial charge in [-0.25, -0.2) is 4.39 Å². The Balaban J connectivity index is 1.62. The van der Waals surface area contributed by atoms with Crippen molar-refractivity contribution in [3.8, 4) is 11.5 Å². The Morgan fingerprint density at radius 2 is 1.91 bits per heavy atom. The van der Waals surface area contributed by atoms with Crippen molar-refractivity contribution in [2.75, 3.05) is 14.2 Å². The molecule has 0 unspecified atom stereocenters. The van der Waals surface area contributed by atoms with Crippen LogP contribution in [0.25, 0.3) is 6.08 Å². The van der Waals surface area contributed by atoms with Crippen molar-refractivity contribution in [2.45, 2.75) is 6.54 Å². The number of hydrogen-bond donors (Lipinski definition) is 0. The number of ether oxygens (including phenoxy) is 2. The lowest BCUT2D eigenvalue weighted by molar-refractivity contribution is -0.122. The van der Waals surface area contributed by atoms with E-state index in [1.54, 1.807) is 62.9 Å². The number of nitrogens with zero attached hydrogens (tertiary/aromatic N) is 3. The highest BCUT2D eigenvalue weighted by molar-refractivity contribution is 8.18. The summed E-state index contributed by atoms with van der Waals surface area (Å²) in [6.07, 6.45) is 4.59. The van der Waals surface area contributed by atoms with E-state index >= 15 is 0 Å². The summed E-state index contributed by atoms with van der Waals surface area (Å²) < 4.78 is 30.0. The summed E-state index contributed by atoms with van der Waals surface area (Å²) >= 11 is 1.12. The first-order valence-electron chi connectivity index (χ1n) is 9.90. The fourth-order valence-electron chi connectivity index (χ4n) is 3.09. The SMILES string of the molecule is COc1ccc(/C=N/N=C2\S/C(=C\c3ccccc3F)C(=O)N2Cc2ccco2)cc1OC. The van der Waals surface area contributed by atoms with E-state index < -0.39 is 5.82 Å². The minimum atomic E-state index is -0.409. The van der Waals surface area contributed by atoms with Crippen LogP contribution in [0.15, 0.2) is 80.4 Å². The number of carbonyl (C=O) groups excluding carboxylic acids is 1. The molecule has 7 nitrogen and oxygen atoms in total. The number of benzene rings is 2. The number of thioether (sulfide) groups is 1. The Morgan fingerprint density at radius 1 is 1.09 bits per heavy atom. The highest BCUT2D eigenvalue weighted by Crippen LogP contribution is 2.34. The smallest absolute Gasteiger partial charge is 0.267 e. The van der Waals surface area contributed by atoms with Crippen LogP contribution in [0.1, 0.15) is 16.9 Å². The van der Waals surface area contributed by atoms with Gasteiger partial charge in [0.05, 0.1) is 38.1 Å². The molecule has 1 aliphatic heterocycles. The largest absolute Gasteiger partial charge is 0.493 e. The maximum atomic E-state index is 14.1. The Labute approximate surface area is 194 Å². The second kappa shape index (κ2) is 10.2. The van der Waals surface area contributed by atoms with Crippen molar-refractivity contribution in [3.05, 3.63) is 88.5 Å². The molecule has 3 aromatic rings. The average Bonchev–Trinajstić information content (AvgIpc) is 3.44. The van der Waals surface area contributed by atoms with Gasteiger partial charge in [-0.3, -0.25) is 9.69 Å². The van der Waals surface area contributed by atoms with Gasteiger partial charge in [-0.1, -0.05) is 18.2 Å². The number of amides is 1. The van der Waals surface area contributed by atoms with E-state index in [0.717, 1.165) is 17.3 Å². The summed E-state index contributed by atoms with van der Waals surface area (Å²) in [6.45, 7) is 0.179. The molecule has 1 saturated heterocycles. The van der Waals surface area contributed by atoms with E-state index in [2.05, 4.69) is 10.2 Å². The second-order valence-corrected chi connectivity index (χ2v) is 7.85. The third-order valence-corrected chi connectivity index (χ3v) is 5.73. The third-order valence-electron chi connectivity index (χ3n) is 4.73. The zero-order valence-electron chi connectivity index (χ0n) is 17.9. The van der Waals surface area contributed by atoms with Gasteiger partial charge in [0.1, 0.15) is 11.6 Å². The monoisotopic (exact) mass is 465 g/mol. The van der Waals surface area contributed by atoms with Crippen molar-refractivity contribution in [2.24, 2.45) is 10.2 Å². The topological polar surface area (TPSA) is 76.6 Å². The molecule has 0 spiro atoms. The predicted molar refractivity (Wildman–Crippen MR) is 126 cm³/mol. The number of hydrogen-bond acceptors (Lipinski definition) is 7. The molecule has 0 saturated carbocycles. The molecule has 4 rings (SSSR count). The first-order chi connectivity index (χ1) is 16.1. The highest BCUT2D eigenvalue weighted by atomic mass is 32.2. The molecule has 0 radical (unpaired) electrons. The molecule has 1 aliphatic rings. The molecule has 0 N–H and O–H groups in total. The van der Waals surface area contributed by atoms with Gasteiger partial charge in [-0.05, 0) is 59.8 Å². The number of amidine groups is 1. The van der Waals surface area contributed by atoms with Gasteiger partial charge < -0.3 is 13.9 Å². The molecule has 33 heavy (non-hydrogen) atoms. The van der Waals surface area contributed by atoms with Crippen LogP contribution in [0.2, 0.25) is 0 Å². The van der Waals surface area contributed by atoms with Crippen LogP contribution in [0.5, 0.6) is 11.5 Å². The van der Waals surface area contributed by atoms with E-state index in [9.17, 15) is 9.18 Å². The normalized spacial score (nSPS) is 16.3. The van der Waals surface area contributed by atoms with Gasteiger partial charge in [0.15, 0.2) is 16.7 Å². The number of furan rings is 1. The molecule has 2 heterocycles. The lowest BCUT2D eigenvalue weighted by atomic mass is 10.2. The maximum absolute atomic E-state index is 14.1. The zero-order chi connectivity index (χ0) is 23.2. The maximum Gasteiger partial charge on any atom is 0.267 e. The standard InChI is InChI=1S/C24H20FN3O4S/c1-30-20-10-9-16(12-21(20)31-2)14-26-27-24-28(15-18-7-5-11-32-18)23(29)22(33-24)13-17-6-3-4-8-19(17)25/h3-14H,15H2,1-2H3/b22-13-,26-14+,27-24-. The highest BCUT2D eigenvalue weighted by Gasteiger charge is 2.34. The van der Waals surface area contributed by atoms with Crippen LogP contribution in [0.4, 0.5) is 4.39 Å². The molecule has 168 valence electrons. The molecule has 1 aromatic heterocycles. The Bertz CT molecular complexity index is 1240.